The molecule has 2 heterocycles. The Morgan fingerprint density at radius 1 is 1.11 bits per heavy atom. The van der Waals surface area contributed by atoms with E-state index in [-0.39, 0.29) is 5.91 Å². The summed E-state index contributed by atoms with van der Waals surface area (Å²) in [5.41, 5.74) is 6.03. The highest BCUT2D eigenvalue weighted by Crippen LogP contribution is 2.25. The van der Waals surface area contributed by atoms with Crippen LogP contribution in [0.4, 0.5) is 0 Å². The van der Waals surface area contributed by atoms with Crippen LogP contribution in [0.2, 0.25) is 0 Å². The molecule has 2 bridgehead atoms. The lowest BCUT2D eigenvalue weighted by Crippen LogP contribution is -2.23. The van der Waals surface area contributed by atoms with Crippen LogP contribution in [0.5, 0.6) is 5.75 Å². The molecule has 186 valence electrons. The summed E-state index contributed by atoms with van der Waals surface area (Å²) in [5.74, 6) is 1.22. The second kappa shape index (κ2) is 12.0. The third-order valence-electron chi connectivity index (χ3n) is 6.37. The van der Waals surface area contributed by atoms with E-state index in [0.29, 0.717) is 24.6 Å². The maximum atomic E-state index is 13.0. The first-order valence-electron chi connectivity index (χ1n) is 12.7. The summed E-state index contributed by atoms with van der Waals surface area (Å²) in [5, 5.41) is 7.13. The molecule has 1 amide bonds. The Hall–Kier alpha value is -3.12. The maximum Gasteiger partial charge on any atom is 0.251 e. The lowest BCUT2D eigenvalue weighted by atomic mass is 9.99. The summed E-state index contributed by atoms with van der Waals surface area (Å²) in [7, 11) is 2.18. The fraction of sp³-hybridized carbons (Fsp3) is 0.448. The zero-order chi connectivity index (χ0) is 24.6. The van der Waals surface area contributed by atoms with Crippen LogP contribution in [-0.2, 0) is 25.9 Å². The monoisotopic (exact) mass is 475 g/mol. The molecule has 3 aromatic rings. The number of fused-ring (bicyclic) bond motifs is 3. The van der Waals surface area contributed by atoms with Crippen molar-refractivity contribution in [2.45, 2.75) is 59.0 Å². The highest BCUT2D eigenvalue weighted by molar-refractivity contribution is 5.94. The number of nitrogens with one attached hydrogen (secondary N) is 1. The second-order valence-electron chi connectivity index (χ2n) is 10.0. The molecule has 0 unspecified atom stereocenters. The quantitative estimate of drug-likeness (QED) is 0.536. The van der Waals surface area contributed by atoms with Gasteiger partial charge in [0.05, 0.1) is 12.3 Å². The van der Waals surface area contributed by atoms with Gasteiger partial charge >= 0.3 is 0 Å². The lowest BCUT2D eigenvalue weighted by molar-refractivity contribution is 0.0950. The van der Waals surface area contributed by atoms with Crippen molar-refractivity contribution in [2.24, 2.45) is 5.92 Å². The SMILES string of the molecule is CC(C)Cc1nocc1CNC(=O)c1ccc2c(c1)Cc1cccc(c1)CN(C)CCCCCO2. The Bertz CT molecular complexity index is 1120. The van der Waals surface area contributed by atoms with Gasteiger partial charge in [-0.15, -0.1) is 0 Å². The molecule has 1 aliphatic rings. The first kappa shape index (κ1) is 25.0. The van der Waals surface area contributed by atoms with Crippen molar-refractivity contribution < 1.29 is 14.1 Å². The van der Waals surface area contributed by atoms with Crippen molar-refractivity contribution in [1.29, 1.82) is 0 Å². The molecule has 0 atom stereocenters. The Morgan fingerprint density at radius 2 is 1.97 bits per heavy atom. The van der Waals surface area contributed by atoms with Crippen LogP contribution < -0.4 is 10.1 Å². The van der Waals surface area contributed by atoms with Gasteiger partial charge in [0, 0.05) is 30.6 Å². The van der Waals surface area contributed by atoms with Gasteiger partial charge in [0.2, 0.25) is 0 Å². The molecule has 1 N–H and O–H groups in total. The average Bonchev–Trinajstić information content (AvgIpc) is 3.26. The number of hydrogen-bond donors (Lipinski definition) is 1. The zero-order valence-corrected chi connectivity index (χ0v) is 21.2. The minimum Gasteiger partial charge on any atom is -0.493 e. The Kier molecular flexibility index (Phi) is 8.59. The van der Waals surface area contributed by atoms with Gasteiger partial charge in [0.25, 0.3) is 5.91 Å². The summed E-state index contributed by atoms with van der Waals surface area (Å²) >= 11 is 0. The number of carbonyl (C=O) groups excluding carboxylic acids is 1. The fourth-order valence-corrected chi connectivity index (χ4v) is 4.55. The van der Waals surface area contributed by atoms with Crippen molar-refractivity contribution in [1.82, 2.24) is 15.4 Å². The molecular formula is C29H37N3O3. The van der Waals surface area contributed by atoms with E-state index in [0.717, 1.165) is 67.8 Å². The molecule has 0 saturated carbocycles. The summed E-state index contributed by atoms with van der Waals surface area (Å²) in [6.07, 6.45) is 6.50. The molecule has 0 fully saturated rings. The van der Waals surface area contributed by atoms with E-state index in [4.69, 9.17) is 9.26 Å². The summed E-state index contributed by atoms with van der Waals surface area (Å²) in [4.78, 5) is 15.4. The number of rotatable bonds is 5. The molecule has 0 spiro atoms. The summed E-state index contributed by atoms with van der Waals surface area (Å²) in [6, 6.07) is 14.5. The number of aromatic nitrogens is 1. The number of benzene rings is 2. The second-order valence-corrected chi connectivity index (χ2v) is 10.0. The van der Waals surface area contributed by atoms with E-state index in [1.54, 1.807) is 6.26 Å². The molecule has 0 saturated heterocycles. The molecule has 0 aliphatic carbocycles. The van der Waals surface area contributed by atoms with Gasteiger partial charge in [0.1, 0.15) is 12.0 Å². The van der Waals surface area contributed by atoms with Crippen molar-refractivity contribution in [3.63, 3.8) is 0 Å². The topological polar surface area (TPSA) is 67.6 Å². The van der Waals surface area contributed by atoms with Crippen LogP contribution in [0.15, 0.2) is 53.3 Å². The van der Waals surface area contributed by atoms with Crippen LogP contribution >= 0.6 is 0 Å². The van der Waals surface area contributed by atoms with Gasteiger partial charge in [-0.1, -0.05) is 43.3 Å². The molecule has 35 heavy (non-hydrogen) atoms. The third-order valence-corrected chi connectivity index (χ3v) is 6.37. The van der Waals surface area contributed by atoms with Crippen molar-refractivity contribution in [3.8, 4) is 5.75 Å². The first-order valence-corrected chi connectivity index (χ1v) is 12.7. The lowest BCUT2D eigenvalue weighted by Gasteiger charge is -2.19. The largest absolute Gasteiger partial charge is 0.493 e. The standard InChI is InChI=1S/C29H37N3O3/c1-21(2)14-27-26(20-35-31-27)18-30-29(33)24-10-11-28-25(17-24)16-22-8-7-9-23(15-22)19-32(3)12-5-4-6-13-34-28/h7-11,15,17,20-21H,4-6,12-14,16,18-19H2,1-3H3,(H,30,33). The van der Waals surface area contributed by atoms with E-state index >= 15 is 0 Å². The molecule has 1 aliphatic heterocycles. The molecule has 1 aromatic heterocycles. The van der Waals surface area contributed by atoms with Gasteiger partial charge in [0.15, 0.2) is 0 Å². The van der Waals surface area contributed by atoms with Crippen LogP contribution in [0.1, 0.15) is 71.4 Å². The molecular weight excluding hydrogens is 438 g/mol. The van der Waals surface area contributed by atoms with Crippen LogP contribution in [0.3, 0.4) is 0 Å². The normalized spacial score (nSPS) is 15.2. The molecule has 0 radical (unpaired) electrons. The molecule has 6 nitrogen and oxygen atoms in total. The fourth-order valence-electron chi connectivity index (χ4n) is 4.55. The van der Waals surface area contributed by atoms with Crippen molar-refractivity contribution in [3.05, 3.63) is 82.2 Å². The minimum absolute atomic E-state index is 0.112. The Morgan fingerprint density at radius 3 is 2.83 bits per heavy atom. The zero-order valence-electron chi connectivity index (χ0n) is 21.2. The van der Waals surface area contributed by atoms with Crippen LogP contribution in [0, 0.1) is 5.92 Å². The van der Waals surface area contributed by atoms with E-state index < -0.39 is 0 Å². The number of ether oxygens (including phenoxy) is 1. The maximum absolute atomic E-state index is 13.0. The van der Waals surface area contributed by atoms with E-state index in [2.05, 4.69) is 60.5 Å². The number of nitrogens with zero attached hydrogens (tertiary/aromatic N) is 2. The van der Waals surface area contributed by atoms with Crippen molar-refractivity contribution >= 4 is 5.91 Å². The van der Waals surface area contributed by atoms with Crippen LogP contribution in [-0.4, -0.2) is 36.2 Å². The smallest absolute Gasteiger partial charge is 0.251 e. The number of amides is 1. The minimum atomic E-state index is -0.112. The highest BCUT2D eigenvalue weighted by atomic mass is 16.5. The summed E-state index contributed by atoms with van der Waals surface area (Å²) < 4.78 is 11.3. The summed E-state index contributed by atoms with van der Waals surface area (Å²) in [6.45, 7) is 7.40. The van der Waals surface area contributed by atoms with Gasteiger partial charge in [-0.2, -0.15) is 0 Å². The van der Waals surface area contributed by atoms with Crippen molar-refractivity contribution in [2.75, 3.05) is 20.2 Å². The van der Waals surface area contributed by atoms with Gasteiger partial charge < -0.3 is 19.5 Å². The predicted octanol–water partition coefficient (Wildman–Crippen LogP) is 5.39. The molecule has 6 heteroatoms. The first-order chi connectivity index (χ1) is 17.0. The van der Waals surface area contributed by atoms with Crippen LogP contribution in [0.25, 0.3) is 0 Å². The third kappa shape index (κ3) is 7.18. The van der Waals surface area contributed by atoms with E-state index in [1.807, 2.05) is 18.2 Å². The Labute approximate surface area is 208 Å². The molecule has 2 aromatic carbocycles. The van der Waals surface area contributed by atoms with Gasteiger partial charge in [-0.3, -0.25) is 4.79 Å². The van der Waals surface area contributed by atoms with E-state index in [1.165, 1.54) is 11.1 Å². The van der Waals surface area contributed by atoms with E-state index in [9.17, 15) is 4.79 Å². The average molecular weight is 476 g/mol. The number of hydrogen-bond acceptors (Lipinski definition) is 5. The molecule has 4 rings (SSSR count). The predicted molar refractivity (Wildman–Crippen MR) is 138 cm³/mol. The number of carbonyl (C=O) groups is 1. The van der Waals surface area contributed by atoms with Gasteiger partial charge in [-0.25, -0.2) is 0 Å². The van der Waals surface area contributed by atoms with Gasteiger partial charge in [-0.05, 0) is 80.1 Å². The Balaban J connectivity index is 1.52. The highest BCUT2D eigenvalue weighted by Gasteiger charge is 2.15.